The van der Waals surface area contributed by atoms with Crippen LogP contribution in [0, 0.1) is 0 Å². The molecule has 0 spiro atoms. The fourth-order valence-electron chi connectivity index (χ4n) is 1.36. The molecule has 19 heavy (non-hydrogen) atoms. The van der Waals surface area contributed by atoms with Crippen LogP contribution in [0.1, 0.15) is 33.6 Å². The lowest BCUT2D eigenvalue weighted by atomic mass is 10.4. The Kier molecular flexibility index (Phi) is 12.2. The highest BCUT2D eigenvalue weighted by atomic mass is 16.5. The molecule has 0 aromatic rings. The van der Waals surface area contributed by atoms with Gasteiger partial charge < -0.3 is 20.7 Å². The molecule has 1 amide bonds. The lowest BCUT2D eigenvalue weighted by Crippen LogP contribution is -2.39. The molecule has 0 atom stereocenters. The molecule has 0 fully saturated rings. The number of hydrogen-bond donors (Lipinski definition) is 3. The summed E-state index contributed by atoms with van der Waals surface area (Å²) < 4.78 is 5.22. The second kappa shape index (κ2) is 13.1. The van der Waals surface area contributed by atoms with Gasteiger partial charge >= 0.3 is 0 Å². The molecule has 0 rings (SSSR count). The van der Waals surface area contributed by atoms with E-state index in [1.807, 2.05) is 20.8 Å². The van der Waals surface area contributed by atoms with E-state index < -0.39 is 0 Å². The summed E-state index contributed by atoms with van der Waals surface area (Å²) in [5, 5.41) is 9.09. The molecule has 0 saturated heterocycles. The number of ether oxygens (including phenoxy) is 1. The molecule has 6 nitrogen and oxygen atoms in total. The van der Waals surface area contributed by atoms with Gasteiger partial charge in [-0.1, -0.05) is 6.92 Å². The number of nitrogens with one attached hydrogen (secondary N) is 3. The second-order valence-corrected chi connectivity index (χ2v) is 3.98. The van der Waals surface area contributed by atoms with Gasteiger partial charge in [0.25, 0.3) is 0 Å². The second-order valence-electron chi connectivity index (χ2n) is 3.98. The first-order valence-electron chi connectivity index (χ1n) is 7.11. The van der Waals surface area contributed by atoms with Crippen LogP contribution in [-0.4, -0.2) is 51.3 Å². The van der Waals surface area contributed by atoms with Crippen molar-refractivity contribution in [3.63, 3.8) is 0 Å². The maximum Gasteiger partial charge on any atom is 0.221 e. The molecule has 6 heteroatoms. The van der Waals surface area contributed by atoms with Gasteiger partial charge in [0.05, 0.1) is 13.2 Å². The summed E-state index contributed by atoms with van der Waals surface area (Å²) in [6.07, 6.45) is 1.41. The highest BCUT2D eigenvalue weighted by molar-refractivity contribution is 5.81. The maximum absolute atomic E-state index is 11.4. The third-order valence-electron chi connectivity index (χ3n) is 2.27. The summed E-state index contributed by atoms with van der Waals surface area (Å²) in [4.78, 5) is 15.8. The molecule has 0 aromatic heterocycles. The molecule has 0 aliphatic carbocycles. The average Bonchev–Trinajstić information content (AvgIpc) is 2.41. The fraction of sp³-hybridized carbons (Fsp3) is 0.846. The van der Waals surface area contributed by atoms with Crippen molar-refractivity contribution >= 4 is 11.9 Å². The zero-order chi connectivity index (χ0) is 14.3. The molecular formula is C13H28N4O2. The summed E-state index contributed by atoms with van der Waals surface area (Å²) in [6, 6.07) is 0. The molecule has 0 aliphatic heterocycles. The highest BCUT2D eigenvalue weighted by Gasteiger charge is 2.01. The molecule has 0 heterocycles. The lowest BCUT2D eigenvalue weighted by Gasteiger charge is -2.11. The first-order chi connectivity index (χ1) is 9.24. The van der Waals surface area contributed by atoms with Crippen molar-refractivity contribution in [2.75, 3.05) is 39.4 Å². The Morgan fingerprint density at radius 3 is 2.53 bits per heavy atom. The van der Waals surface area contributed by atoms with Gasteiger partial charge in [0, 0.05) is 32.7 Å². The first-order valence-corrected chi connectivity index (χ1v) is 7.11. The number of carbonyl (C=O) groups excluding carboxylic acids is 1. The van der Waals surface area contributed by atoms with Crippen LogP contribution in [0.2, 0.25) is 0 Å². The van der Waals surface area contributed by atoms with Gasteiger partial charge in [-0.3, -0.25) is 9.79 Å². The Morgan fingerprint density at radius 2 is 1.89 bits per heavy atom. The lowest BCUT2D eigenvalue weighted by molar-refractivity contribution is -0.120. The smallest absolute Gasteiger partial charge is 0.221 e. The zero-order valence-corrected chi connectivity index (χ0v) is 12.4. The number of guanidine groups is 1. The van der Waals surface area contributed by atoms with Crippen molar-refractivity contribution in [3.8, 4) is 0 Å². The van der Waals surface area contributed by atoms with Gasteiger partial charge in [-0.05, 0) is 20.3 Å². The van der Waals surface area contributed by atoms with Gasteiger partial charge in [-0.2, -0.15) is 0 Å². The minimum atomic E-state index is 0.0690. The van der Waals surface area contributed by atoms with Crippen LogP contribution in [0.15, 0.2) is 4.99 Å². The molecule has 0 bridgehead atoms. The predicted octanol–water partition coefficient (Wildman–Crippen LogP) is 0.494. The van der Waals surface area contributed by atoms with Crippen molar-refractivity contribution in [2.45, 2.75) is 33.6 Å². The summed E-state index contributed by atoms with van der Waals surface area (Å²) >= 11 is 0. The van der Waals surface area contributed by atoms with E-state index in [9.17, 15) is 4.79 Å². The molecule has 0 aliphatic rings. The first kappa shape index (κ1) is 17.7. The summed E-state index contributed by atoms with van der Waals surface area (Å²) in [5.41, 5.74) is 0. The van der Waals surface area contributed by atoms with E-state index in [4.69, 9.17) is 4.74 Å². The molecule has 0 radical (unpaired) electrons. The fourth-order valence-corrected chi connectivity index (χ4v) is 1.36. The topological polar surface area (TPSA) is 74.8 Å². The van der Waals surface area contributed by atoms with Gasteiger partial charge in [-0.25, -0.2) is 0 Å². The van der Waals surface area contributed by atoms with Crippen molar-refractivity contribution in [1.82, 2.24) is 16.0 Å². The largest absolute Gasteiger partial charge is 0.380 e. The number of rotatable bonds is 10. The van der Waals surface area contributed by atoms with E-state index >= 15 is 0 Å². The van der Waals surface area contributed by atoms with Crippen molar-refractivity contribution in [2.24, 2.45) is 4.99 Å². The number of aliphatic imine (C=N–C) groups is 1. The van der Waals surface area contributed by atoms with Crippen LogP contribution >= 0.6 is 0 Å². The van der Waals surface area contributed by atoms with Crippen molar-refractivity contribution in [1.29, 1.82) is 0 Å². The molecule has 0 aromatic carbocycles. The number of hydrogen-bond acceptors (Lipinski definition) is 3. The number of amides is 1. The van der Waals surface area contributed by atoms with Crippen LogP contribution in [-0.2, 0) is 9.53 Å². The normalized spacial score (nSPS) is 11.2. The van der Waals surface area contributed by atoms with Gasteiger partial charge in [-0.15, -0.1) is 0 Å². The Labute approximate surface area is 116 Å². The molecule has 112 valence electrons. The SMILES string of the molecule is CCCNC(=O)CCNC(=NCCOCC)NCC. The van der Waals surface area contributed by atoms with E-state index in [2.05, 4.69) is 20.9 Å². The third kappa shape index (κ3) is 11.5. The van der Waals surface area contributed by atoms with E-state index in [-0.39, 0.29) is 5.91 Å². The van der Waals surface area contributed by atoms with Crippen LogP contribution in [0.5, 0.6) is 0 Å². The van der Waals surface area contributed by atoms with E-state index in [0.717, 1.165) is 25.5 Å². The molecule has 0 unspecified atom stereocenters. The van der Waals surface area contributed by atoms with E-state index in [0.29, 0.717) is 32.7 Å². The van der Waals surface area contributed by atoms with Crippen LogP contribution < -0.4 is 16.0 Å². The molecule has 0 saturated carbocycles. The van der Waals surface area contributed by atoms with Gasteiger partial charge in [0.15, 0.2) is 5.96 Å². The minimum Gasteiger partial charge on any atom is -0.380 e. The summed E-state index contributed by atoms with van der Waals surface area (Å²) in [5.74, 6) is 0.796. The Bertz CT molecular complexity index is 257. The number of carbonyl (C=O) groups is 1. The Hall–Kier alpha value is -1.30. The predicted molar refractivity (Wildman–Crippen MR) is 78.4 cm³/mol. The van der Waals surface area contributed by atoms with Crippen molar-refractivity contribution in [3.05, 3.63) is 0 Å². The van der Waals surface area contributed by atoms with Crippen LogP contribution in [0.25, 0.3) is 0 Å². The summed E-state index contributed by atoms with van der Waals surface area (Å²) in [7, 11) is 0. The van der Waals surface area contributed by atoms with E-state index in [1.165, 1.54) is 0 Å². The average molecular weight is 272 g/mol. The third-order valence-corrected chi connectivity index (χ3v) is 2.27. The standard InChI is InChI=1S/C13H28N4O2/c1-4-8-15-12(18)7-9-16-13(14-5-2)17-10-11-19-6-3/h4-11H2,1-3H3,(H,15,18)(H2,14,16,17). The molecular weight excluding hydrogens is 244 g/mol. The highest BCUT2D eigenvalue weighted by Crippen LogP contribution is 1.81. The molecule has 3 N–H and O–H groups in total. The van der Waals surface area contributed by atoms with E-state index in [1.54, 1.807) is 0 Å². The van der Waals surface area contributed by atoms with Crippen LogP contribution in [0.4, 0.5) is 0 Å². The van der Waals surface area contributed by atoms with Gasteiger partial charge in [0.2, 0.25) is 5.91 Å². The van der Waals surface area contributed by atoms with Crippen molar-refractivity contribution < 1.29 is 9.53 Å². The van der Waals surface area contributed by atoms with Gasteiger partial charge in [0.1, 0.15) is 0 Å². The monoisotopic (exact) mass is 272 g/mol. The summed E-state index contributed by atoms with van der Waals surface area (Å²) in [6.45, 7) is 10.1. The zero-order valence-electron chi connectivity index (χ0n) is 12.4. The maximum atomic E-state index is 11.4. The number of nitrogens with zero attached hydrogens (tertiary/aromatic N) is 1. The quantitative estimate of drug-likeness (QED) is 0.307. The van der Waals surface area contributed by atoms with Crippen LogP contribution in [0.3, 0.4) is 0 Å². The Balaban J connectivity index is 3.83. The Morgan fingerprint density at radius 1 is 1.11 bits per heavy atom. The minimum absolute atomic E-state index is 0.0690.